The molecule has 0 spiro atoms. The van der Waals surface area contributed by atoms with Gasteiger partial charge in [0.1, 0.15) is 0 Å². The van der Waals surface area contributed by atoms with Gasteiger partial charge in [0.05, 0.1) is 5.56 Å². The van der Waals surface area contributed by atoms with Gasteiger partial charge in [-0.3, -0.25) is 4.79 Å². The van der Waals surface area contributed by atoms with Crippen LogP contribution in [0.3, 0.4) is 0 Å². The minimum absolute atomic E-state index is 0.0641. The van der Waals surface area contributed by atoms with Crippen molar-refractivity contribution in [2.45, 2.75) is 13.3 Å². The van der Waals surface area contributed by atoms with Crippen LogP contribution in [0.5, 0.6) is 0 Å². The number of nitrogens with zero attached hydrogens (tertiary/aromatic N) is 1. The number of aromatic amines is 1. The predicted octanol–water partition coefficient (Wildman–Crippen LogP) is 3.21. The first-order chi connectivity index (χ1) is 8.77. The highest BCUT2D eigenvalue weighted by Crippen LogP contribution is 2.19. The molecule has 1 N–H and O–H groups in total. The second-order valence-electron chi connectivity index (χ2n) is 4.29. The van der Waals surface area contributed by atoms with Crippen LogP contribution >= 0.6 is 0 Å². The standard InChI is InChI=1S/C15H18N2O/c1-3-9-17(10-4-2)15(18)13-11-16-14-8-6-5-7-12(13)14/h3,5-8,11,16H,1,4,9-10H2,2H3. The number of carbonyl (C=O) groups is 1. The fourth-order valence-electron chi connectivity index (χ4n) is 2.12. The van der Waals surface area contributed by atoms with E-state index in [1.165, 1.54) is 0 Å². The number of para-hydroxylation sites is 1. The average Bonchev–Trinajstić information content (AvgIpc) is 2.81. The Morgan fingerprint density at radius 1 is 1.44 bits per heavy atom. The summed E-state index contributed by atoms with van der Waals surface area (Å²) < 4.78 is 0. The fourth-order valence-corrected chi connectivity index (χ4v) is 2.12. The van der Waals surface area contributed by atoms with Gasteiger partial charge in [0, 0.05) is 30.2 Å². The van der Waals surface area contributed by atoms with Crippen molar-refractivity contribution in [2.24, 2.45) is 0 Å². The van der Waals surface area contributed by atoms with Gasteiger partial charge in [-0.1, -0.05) is 31.2 Å². The number of hydrogen-bond donors (Lipinski definition) is 1. The molecular weight excluding hydrogens is 224 g/mol. The lowest BCUT2D eigenvalue weighted by atomic mass is 10.1. The number of aromatic nitrogens is 1. The Kier molecular flexibility index (Phi) is 3.82. The Morgan fingerprint density at radius 3 is 2.94 bits per heavy atom. The highest BCUT2D eigenvalue weighted by atomic mass is 16.2. The van der Waals surface area contributed by atoms with Gasteiger partial charge in [-0.2, -0.15) is 0 Å². The van der Waals surface area contributed by atoms with E-state index in [2.05, 4.69) is 18.5 Å². The molecule has 1 amide bonds. The molecule has 0 unspecified atom stereocenters. The lowest BCUT2D eigenvalue weighted by molar-refractivity contribution is 0.0776. The molecule has 0 atom stereocenters. The van der Waals surface area contributed by atoms with Crippen molar-refractivity contribution in [3.63, 3.8) is 0 Å². The Morgan fingerprint density at radius 2 is 2.22 bits per heavy atom. The van der Waals surface area contributed by atoms with Gasteiger partial charge >= 0.3 is 0 Å². The van der Waals surface area contributed by atoms with Gasteiger partial charge < -0.3 is 9.88 Å². The van der Waals surface area contributed by atoms with E-state index in [4.69, 9.17) is 0 Å². The molecular formula is C15H18N2O. The first-order valence-corrected chi connectivity index (χ1v) is 6.24. The molecule has 2 aromatic rings. The van der Waals surface area contributed by atoms with Crippen LogP contribution in [0, 0.1) is 0 Å². The van der Waals surface area contributed by atoms with E-state index in [-0.39, 0.29) is 5.91 Å². The molecule has 0 bridgehead atoms. The summed E-state index contributed by atoms with van der Waals surface area (Å²) in [6.45, 7) is 7.12. The molecule has 18 heavy (non-hydrogen) atoms. The number of amides is 1. The van der Waals surface area contributed by atoms with Gasteiger partial charge in [0.25, 0.3) is 5.91 Å². The van der Waals surface area contributed by atoms with Gasteiger partial charge in [-0.05, 0) is 12.5 Å². The lowest BCUT2D eigenvalue weighted by Crippen LogP contribution is -2.31. The molecule has 0 aliphatic heterocycles. The Labute approximate surface area is 107 Å². The smallest absolute Gasteiger partial charge is 0.256 e. The minimum atomic E-state index is 0.0641. The van der Waals surface area contributed by atoms with Crippen LogP contribution in [0.4, 0.5) is 0 Å². The van der Waals surface area contributed by atoms with Crippen molar-refractivity contribution in [1.82, 2.24) is 9.88 Å². The normalized spacial score (nSPS) is 10.5. The second kappa shape index (κ2) is 5.54. The molecule has 3 nitrogen and oxygen atoms in total. The number of rotatable bonds is 5. The van der Waals surface area contributed by atoms with Crippen LogP contribution in [0.15, 0.2) is 43.1 Å². The highest BCUT2D eigenvalue weighted by Gasteiger charge is 2.17. The van der Waals surface area contributed by atoms with Crippen LogP contribution in [0.2, 0.25) is 0 Å². The highest BCUT2D eigenvalue weighted by molar-refractivity contribution is 6.06. The SMILES string of the molecule is C=CCN(CCC)C(=O)c1c[nH]c2ccccc12. The van der Waals surface area contributed by atoms with Crippen molar-refractivity contribution in [3.8, 4) is 0 Å². The van der Waals surface area contributed by atoms with Gasteiger partial charge in [0.2, 0.25) is 0 Å². The maximum atomic E-state index is 12.5. The molecule has 1 aromatic heterocycles. The average molecular weight is 242 g/mol. The third-order valence-corrected chi connectivity index (χ3v) is 2.95. The maximum Gasteiger partial charge on any atom is 0.256 e. The third kappa shape index (κ3) is 2.30. The molecule has 1 aromatic carbocycles. The summed E-state index contributed by atoms with van der Waals surface area (Å²) in [7, 11) is 0. The Hall–Kier alpha value is -2.03. The molecule has 0 saturated carbocycles. The van der Waals surface area contributed by atoms with E-state index in [1.807, 2.05) is 29.2 Å². The van der Waals surface area contributed by atoms with Crippen LogP contribution in [0.1, 0.15) is 23.7 Å². The number of carbonyl (C=O) groups excluding carboxylic acids is 1. The number of H-pyrrole nitrogens is 1. The number of benzene rings is 1. The quantitative estimate of drug-likeness (QED) is 0.803. The van der Waals surface area contributed by atoms with Crippen molar-refractivity contribution in [1.29, 1.82) is 0 Å². The van der Waals surface area contributed by atoms with Crippen LogP contribution in [0.25, 0.3) is 10.9 Å². The van der Waals surface area contributed by atoms with Crippen molar-refractivity contribution in [3.05, 3.63) is 48.7 Å². The summed E-state index contributed by atoms with van der Waals surface area (Å²) in [6, 6.07) is 7.85. The van der Waals surface area contributed by atoms with E-state index < -0.39 is 0 Å². The van der Waals surface area contributed by atoms with Crippen molar-refractivity contribution in [2.75, 3.05) is 13.1 Å². The molecule has 2 rings (SSSR count). The fraction of sp³-hybridized carbons (Fsp3) is 0.267. The zero-order valence-electron chi connectivity index (χ0n) is 10.6. The van der Waals surface area contributed by atoms with E-state index in [0.29, 0.717) is 6.54 Å². The largest absolute Gasteiger partial charge is 0.360 e. The summed E-state index contributed by atoms with van der Waals surface area (Å²) in [5.41, 5.74) is 1.73. The molecule has 3 heteroatoms. The Bertz CT molecular complexity index is 556. The lowest BCUT2D eigenvalue weighted by Gasteiger charge is -2.19. The summed E-state index contributed by atoms with van der Waals surface area (Å²) in [5.74, 6) is 0.0641. The summed E-state index contributed by atoms with van der Waals surface area (Å²) in [4.78, 5) is 17.4. The minimum Gasteiger partial charge on any atom is -0.360 e. The van der Waals surface area contributed by atoms with E-state index in [0.717, 1.165) is 29.4 Å². The number of hydrogen-bond acceptors (Lipinski definition) is 1. The van der Waals surface area contributed by atoms with Gasteiger partial charge in [-0.15, -0.1) is 6.58 Å². The molecule has 1 heterocycles. The van der Waals surface area contributed by atoms with E-state index in [1.54, 1.807) is 12.3 Å². The van der Waals surface area contributed by atoms with Gasteiger partial charge in [-0.25, -0.2) is 0 Å². The monoisotopic (exact) mass is 242 g/mol. The number of nitrogens with one attached hydrogen (secondary N) is 1. The van der Waals surface area contributed by atoms with E-state index >= 15 is 0 Å². The van der Waals surface area contributed by atoms with E-state index in [9.17, 15) is 4.79 Å². The molecule has 0 aliphatic carbocycles. The van der Waals surface area contributed by atoms with Crippen LogP contribution in [-0.4, -0.2) is 28.9 Å². The zero-order chi connectivity index (χ0) is 13.0. The first-order valence-electron chi connectivity index (χ1n) is 6.24. The molecule has 0 saturated heterocycles. The van der Waals surface area contributed by atoms with Crippen molar-refractivity contribution < 1.29 is 4.79 Å². The van der Waals surface area contributed by atoms with Crippen LogP contribution < -0.4 is 0 Å². The topological polar surface area (TPSA) is 36.1 Å². The molecule has 0 radical (unpaired) electrons. The first kappa shape index (κ1) is 12.4. The molecule has 94 valence electrons. The molecule has 0 fully saturated rings. The number of fused-ring (bicyclic) bond motifs is 1. The zero-order valence-corrected chi connectivity index (χ0v) is 10.6. The van der Waals surface area contributed by atoms with Crippen LogP contribution in [-0.2, 0) is 0 Å². The summed E-state index contributed by atoms with van der Waals surface area (Å²) >= 11 is 0. The predicted molar refractivity (Wildman–Crippen MR) is 74.7 cm³/mol. The molecule has 0 aliphatic rings. The summed E-state index contributed by atoms with van der Waals surface area (Å²) in [6.07, 6.45) is 4.50. The maximum absolute atomic E-state index is 12.5. The second-order valence-corrected chi connectivity index (χ2v) is 4.29. The van der Waals surface area contributed by atoms with Gasteiger partial charge in [0.15, 0.2) is 0 Å². The summed E-state index contributed by atoms with van der Waals surface area (Å²) in [5, 5.41) is 0.979. The Balaban J connectivity index is 2.34. The third-order valence-electron chi connectivity index (χ3n) is 2.95. The van der Waals surface area contributed by atoms with Crippen molar-refractivity contribution >= 4 is 16.8 Å².